The number of pyridine rings is 1. The molecule has 44 heavy (non-hydrogen) atoms. The second-order valence-electron chi connectivity index (χ2n) is 11.9. The summed E-state index contributed by atoms with van der Waals surface area (Å²) < 4.78 is 6.20. The number of benzene rings is 1. The summed E-state index contributed by atoms with van der Waals surface area (Å²) in [5.41, 5.74) is 2.90. The molecule has 0 radical (unpaired) electrons. The van der Waals surface area contributed by atoms with Gasteiger partial charge < -0.3 is 19.6 Å². The number of ether oxygens (including phenoxy) is 1. The lowest BCUT2D eigenvalue weighted by Gasteiger charge is -2.55. The van der Waals surface area contributed by atoms with E-state index in [0.29, 0.717) is 39.5 Å². The zero-order valence-corrected chi connectivity index (χ0v) is 27.8. The van der Waals surface area contributed by atoms with Crippen molar-refractivity contribution >= 4 is 59.9 Å². The Bertz CT molecular complexity index is 1410. The highest BCUT2D eigenvalue weighted by atomic mass is 35.5. The van der Waals surface area contributed by atoms with E-state index in [4.69, 9.17) is 38.0 Å². The van der Waals surface area contributed by atoms with Crippen LogP contribution in [0, 0.1) is 5.92 Å². The molecule has 5 heterocycles. The second kappa shape index (κ2) is 14.8. The number of hydrogen-bond donors (Lipinski definition) is 1. The van der Waals surface area contributed by atoms with Gasteiger partial charge in [-0.3, -0.25) is 9.69 Å². The van der Waals surface area contributed by atoms with Crippen molar-refractivity contribution in [3.63, 3.8) is 0 Å². The quantitative estimate of drug-likeness (QED) is 0.274. The molecular formula is C31H38Cl4N6O3. The van der Waals surface area contributed by atoms with E-state index >= 15 is 0 Å². The Hall–Kier alpha value is -2.40. The molecule has 0 bridgehead atoms. The van der Waals surface area contributed by atoms with Crippen LogP contribution in [0.4, 0.5) is 5.95 Å². The van der Waals surface area contributed by atoms with Crippen molar-refractivity contribution in [2.75, 3.05) is 44.7 Å². The van der Waals surface area contributed by atoms with Gasteiger partial charge in [0.15, 0.2) is 5.75 Å². The van der Waals surface area contributed by atoms with Crippen LogP contribution in [-0.4, -0.2) is 81.1 Å². The average molecular weight is 684 g/mol. The van der Waals surface area contributed by atoms with Crippen LogP contribution >= 0.6 is 48.0 Å². The lowest BCUT2D eigenvalue weighted by molar-refractivity contribution is -0.138. The van der Waals surface area contributed by atoms with Gasteiger partial charge in [0.1, 0.15) is 0 Å². The number of rotatable bonds is 8. The molecule has 0 saturated carbocycles. The normalized spacial score (nSPS) is 18.7. The van der Waals surface area contributed by atoms with Crippen molar-refractivity contribution < 1.29 is 14.6 Å². The summed E-state index contributed by atoms with van der Waals surface area (Å²) >= 11 is 12.6. The van der Waals surface area contributed by atoms with E-state index in [1.54, 1.807) is 18.5 Å². The van der Waals surface area contributed by atoms with Crippen molar-refractivity contribution in [2.24, 2.45) is 5.92 Å². The maximum absolute atomic E-state index is 11.1. The minimum atomic E-state index is -0.725. The maximum Gasteiger partial charge on any atom is 0.303 e. The van der Waals surface area contributed by atoms with Gasteiger partial charge in [0.25, 0.3) is 0 Å². The molecule has 3 aromatic rings. The van der Waals surface area contributed by atoms with Crippen LogP contribution in [0.15, 0.2) is 42.7 Å². The molecule has 13 heteroatoms. The summed E-state index contributed by atoms with van der Waals surface area (Å²) in [6.45, 7) is 5.48. The summed E-state index contributed by atoms with van der Waals surface area (Å²) in [4.78, 5) is 32.2. The van der Waals surface area contributed by atoms with E-state index in [1.165, 1.54) is 13.0 Å². The molecule has 3 aliphatic heterocycles. The Morgan fingerprint density at radius 2 is 1.59 bits per heavy atom. The highest BCUT2D eigenvalue weighted by Gasteiger charge is 2.44. The zero-order valence-electron chi connectivity index (χ0n) is 24.6. The lowest BCUT2D eigenvalue weighted by atomic mass is 9.77. The predicted octanol–water partition coefficient (Wildman–Crippen LogP) is 6.84. The molecule has 6 rings (SSSR count). The first-order chi connectivity index (χ1) is 20.2. The Morgan fingerprint density at radius 1 is 0.955 bits per heavy atom. The summed E-state index contributed by atoms with van der Waals surface area (Å²) in [6.07, 6.45) is 8.94. The van der Waals surface area contributed by atoms with E-state index in [1.807, 2.05) is 24.3 Å². The predicted molar refractivity (Wildman–Crippen MR) is 178 cm³/mol. The van der Waals surface area contributed by atoms with Crippen LogP contribution in [0.2, 0.25) is 10.0 Å². The smallest absolute Gasteiger partial charge is 0.303 e. The van der Waals surface area contributed by atoms with E-state index in [9.17, 15) is 4.79 Å². The van der Waals surface area contributed by atoms with Gasteiger partial charge in [-0.1, -0.05) is 23.2 Å². The van der Waals surface area contributed by atoms with Gasteiger partial charge in [0, 0.05) is 59.8 Å². The number of aromatic nitrogens is 3. The van der Waals surface area contributed by atoms with Gasteiger partial charge in [0.2, 0.25) is 11.8 Å². The number of carbonyl (C=O) groups is 1. The number of likely N-dealkylation sites (tertiary alicyclic amines) is 2. The van der Waals surface area contributed by atoms with E-state index in [-0.39, 0.29) is 37.2 Å². The summed E-state index contributed by atoms with van der Waals surface area (Å²) in [5.74, 6) is 1.18. The number of aliphatic carboxylic acids is 1. The molecule has 0 unspecified atom stereocenters. The third-order valence-corrected chi connectivity index (χ3v) is 9.57. The van der Waals surface area contributed by atoms with Crippen LogP contribution in [-0.2, 0) is 11.3 Å². The molecule has 3 fully saturated rings. The van der Waals surface area contributed by atoms with Crippen molar-refractivity contribution in [3.05, 3.63) is 58.3 Å². The Morgan fingerprint density at radius 3 is 2.16 bits per heavy atom. The standard InChI is InChI=1S/C31H36Cl2N6O3.2ClH/c1-37-9-4-31(37)5-10-39(11-6-31)30-34-18-26(19-35-30)42-28-13-22(20-38-7-2-21(3-8-38)14-29(40)41)12-27(36-28)23-15-24(32)17-25(33)16-23;;/h12-13,15-19,21H,2-11,14,20H2,1H3,(H,40,41);2*1H. The number of carboxylic acids is 1. The first-order valence-electron chi connectivity index (χ1n) is 14.6. The molecule has 1 spiro atoms. The molecule has 0 aliphatic carbocycles. The van der Waals surface area contributed by atoms with Crippen LogP contribution in [0.5, 0.6) is 11.6 Å². The maximum atomic E-state index is 11.1. The average Bonchev–Trinajstić information content (AvgIpc) is 2.97. The zero-order chi connectivity index (χ0) is 29.3. The van der Waals surface area contributed by atoms with E-state index in [2.05, 4.69) is 31.7 Å². The van der Waals surface area contributed by atoms with Crippen LogP contribution in [0.25, 0.3) is 11.3 Å². The molecule has 9 nitrogen and oxygen atoms in total. The molecule has 1 aromatic carbocycles. The third-order valence-electron chi connectivity index (χ3n) is 9.13. The molecular weight excluding hydrogens is 646 g/mol. The highest BCUT2D eigenvalue weighted by molar-refractivity contribution is 6.35. The SMILES string of the molecule is CN1CCC12CCN(c1ncc(Oc3cc(CN4CCC(CC(=O)O)CC4)cc(-c4cc(Cl)cc(Cl)c4)n3)cn1)CC2.Cl.Cl. The first-order valence-corrected chi connectivity index (χ1v) is 15.4. The van der Waals surface area contributed by atoms with Crippen molar-refractivity contribution in [1.82, 2.24) is 24.8 Å². The highest BCUT2D eigenvalue weighted by Crippen LogP contribution is 2.39. The van der Waals surface area contributed by atoms with Crippen molar-refractivity contribution in [3.8, 4) is 22.9 Å². The summed E-state index contributed by atoms with van der Waals surface area (Å²) in [6, 6.07) is 9.33. The number of hydrogen-bond acceptors (Lipinski definition) is 8. The number of piperidine rings is 2. The minimum absolute atomic E-state index is 0. The lowest BCUT2D eigenvalue weighted by Crippen LogP contribution is -2.62. The third kappa shape index (κ3) is 8.05. The fourth-order valence-electron chi connectivity index (χ4n) is 6.46. The number of halogens is 4. The number of carboxylic acid groups (broad SMARTS) is 1. The Balaban J connectivity index is 0.00000221. The molecule has 0 atom stereocenters. The van der Waals surface area contributed by atoms with Gasteiger partial charge >= 0.3 is 5.97 Å². The second-order valence-corrected chi connectivity index (χ2v) is 12.8. The molecule has 0 amide bonds. The topological polar surface area (TPSA) is 94.9 Å². The summed E-state index contributed by atoms with van der Waals surface area (Å²) in [5, 5.41) is 10.2. The molecule has 1 N–H and O–H groups in total. The molecule has 3 saturated heterocycles. The van der Waals surface area contributed by atoms with Crippen molar-refractivity contribution in [1.29, 1.82) is 0 Å². The molecule has 3 aliphatic rings. The fraction of sp³-hybridized carbons (Fsp3) is 0.484. The van der Waals surface area contributed by atoms with Gasteiger partial charge in [-0.05, 0) is 88.0 Å². The molecule has 238 valence electrons. The Kier molecular flexibility index (Phi) is 11.6. The van der Waals surface area contributed by atoms with Gasteiger partial charge in [0.05, 0.1) is 18.1 Å². The Labute approximate surface area is 280 Å². The van der Waals surface area contributed by atoms with Gasteiger partial charge in [-0.2, -0.15) is 0 Å². The monoisotopic (exact) mass is 682 g/mol. The number of nitrogens with zero attached hydrogens (tertiary/aromatic N) is 6. The van der Waals surface area contributed by atoms with Crippen LogP contribution < -0.4 is 9.64 Å². The van der Waals surface area contributed by atoms with Crippen LogP contribution in [0.1, 0.15) is 44.1 Å². The largest absolute Gasteiger partial charge is 0.481 e. The number of anilines is 1. The minimum Gasteiger partial charge on any atom is -0.481 e. The fourth-order valence-corrected chi connectivity index (χ4v) is 6.98. The van der Waals surface area contributed by atoms with Gasteiger partial charge in [-0.25, -0.2) is 15.0 Å². The van der Waals surface area contributed by atoms with Gasteiger partial charge in [-0.15, -0.1) is 24.8 Å². The van der Waals surface area contributed by atoms with Crippen LogP contribution in [0.3, 0.4) is 0 Å². The first kappa shape index (κ1) is 34.5. The van der Waals surface area contributed by atoms with E-state index < -0.39 is 5.97 Å². The summed E-state index contributed by atoms with van der Waals surface area (Å²) in [7, 11) is 2.22. The van der Waals surface area contributed by atoms with Crippen molar-refractivity contribution in [2.45, 2.75) is 50.6 Å². The van der Waals surface area contributed by atoms with E-state index in [0.717, 1.165) is 68.9 Å². The molecule has 2 aromatic heterocycles.